The predicted molar refractivity (Wildman–Crippen MR) is 85.3 cm³/mol. The molecule has 0 spiro atoms. The maximum atomic E-state index is 6.10. The number of nitrogens with two attached hydrogens (primary N) is 1. The van der Waals surface area contributed by atoms with Crippen LogP contribution >= 0.6 is 23.2 Å². The molecule has 1 aliphatic rings. The van der Waals surface area contributed by atoms with Crippen LogP contribution < -0.4 is 10.6 Å². The SMILES string of the molecule is CCC1(CC)CCN(c2cc(Cl)c(Cl)cc2N)CC1. The number of rotatable bonds is 3. The second-order valence-electron chi connectivity index (χ2n) is 5.52. The lowest BCUT2D eigenvalue weighted by atomic mass is 9.74. The molecule has 0 aromatic heterocycles. The lowest BCUT2D eigenvalue weighted by Crippen LogP contribution is -2.39. The summed E-state index contributed by atoms with van der Waals surface area (Å²) in [6.45, 7) is 6.69. The van der Waals surface area contributed by atoms with E-state index in [4.69, 9.17) is 28.9 Å². The Kier molecular flexibility index (Phi) is 4.52. The molecule has 2 rings (SSSR count). The Balaban J connectivity index is 2.16. The molecule has 0 unspecified atom stereocenters. The van der Waals surface area contributed by atoms with Crippen LogP contribution in [0.3, 0.4) is 0 Å². The molecule has 0 radical (unpaired) electrons. The van der Waals surface area contributed by atoms with Gasteiger partial charge in [0.2, 0.25) is 0 Å². The first-order valence-corrected chi connectivity index (χ1v) is 7.76. The molecule has 106 valence electrons. The number of benzene rings is 1. The minimum Gasteiger partial charge on any atom is -0.397 e. The zero-order valence-corrected chi connectivity index (χ0v) is 13.2. The van der Waals surface area contributed by atoms with Crippen LogP contribution in [-0.4, -0.2) is 13.1 Å². The Morgan fingerprint density at radius 2 is 1.63 bits per heavy atom. The third-order valence-corrected chi connectivity index (χ3v) is 5.46. The van der Waals surface area contributed by atoms with E-state index in [1.165, 1.54) is 25.7 Å². The summed E-state index contributed by atoms with van der Waals surface area (Å²) in [7, 11) is 0. The number of halogens is 2. The van der Waals surface area contributed by atoms with Gasteiger partial charge in [0, 0.05) is 13.1 Å². The number of anilines is 2. The Morgan fingerprint density at radius 1 is 1.11 bits per heavy atom. The van der Waals surface area contributed by atoms with Crippen molar-refractivity contribution in [3.05, 3.63) is 22.2 Å². The van der Waals surface area contributed by atoms with Crippen LogP contribution in [0.25, 0.3) is 0 Å². The van der Waals surface area contributed by atoms with Gasteiger partial charge < -0.3 is 10.6 Å². The maximum absolute atomic E-state index is 6.10. The molecule has 1 fully saturated rings. The molecule has 0 amide bonds. The zero-order valence-electron chi connectivity index (χ0n) is 11.7. The summed E-state index contributed by atoms with van der Waals surface area (Å²) in [5.41, 5.74) is 8.33. The van der Waals surface area contributed by atoms with Gasteiger partial charge in [0.1, 0.15) is 0 Å². The van der Waals surface area contributed by atoms with Crippen molar-refractivity contribution >= 4 is 34.6 Å². The van der Waals surface area contributed by atoms with Crippen LogP contribution in [0.15, 0.2) is 12.1 Å². The molecule has 0 atom stereocenters. The van der Waals surface area contributed by atoms with Crippen molar-refractivity contribution in [3.63, 3.8) is 0 Å². The average Bonchev–Trinajstić information content (AvgIpc) is 2.43. The second kappa shape index (κ2) is 5.80. The van der Waals surface area contributed by atoms with E-state index in [2.05, 4.69) is 18.7 Å². The number of nitrogen functional groups attached to an aromatic ring is 1. The first-order valence-electron chi connectivity index (χ1n) is 7.01. The van der Waals surface area contributed by atoms with Crippen molar-refractivity contribution in [3.8, 4) is 0 Å². The number of nitrogens with zero attached hydrogens (tertiary/aromatic N) is 1. The highest BCUT2D eigenvalue weighted by Crippen LogP contribution is 2.41. The van der Waals surface area contributed by atoms with Gasteiger partial charge in [-0.05, 0) is 30.4 Å². The summed E-state index contributed by atoms with van der Waals surface area (Å²) in [6, 6.07) is 3.64. The highest BCUT2D eigenvalue weighted by atomic mass is 35.5. The molecule has 1 aliphatic heterocycles. The van der Waals surface area contributed by atoms with E-state index in [1.807, 2.05) is 6.07 Å². The lowest BCUT2D eigenvalue weighted by Gasteiger charge is -2.42. The van der Waals surface area contributed by atoms with Crippen molar-refractivity contribution in [2.75, 3.05) is 23.7 Å². The Morgan fingerprint density at radius 3 is 2.16 bits per heavy atom. The summed E-state index contributed by atoms with van der Waals surface area (Å²) in [5, 5.41) is 1.10. The highest BCUT2D eigenvalue weighted by Gasteiger charge is 2.31. The van der Waals surface area contributed by atoms with Crippen LogP contribution in [0.2, 0.25) is 10.0 Å². The lowest BCUT2D eigenvalue weighted by molar-refractivity contribution is 0.199. The van der Waals surface area contributed by atoms with E-state index in [1.54, 1.807) is 6.07 Å². The third kappa shape index (κ3) is 2.95. The van der Waals surface area contributed by atoms with Crippen LogP contribution in [0.1, 0.15) is 39.5 Å². The van der Waals surface area contributed by atoms with Crippen molar-refractivity contribution in [2.24, 2.45) is 5.41 Å². The molecular formula is C15H22Cl2N2. The Hall–Kier alpha value is -0.600. The van der Waals surface area contributed by atoms with Crippen molar-refractivity contribution < 1.29 is 0 Å². The number of hydrogen-bond donors (Lipinski definition) is 1. The largest absolute Gasteiger partial charge is 0.397 e. The van der Waals surface area contributed by atoms with E-state index in [0.717, 1.165) is 24.5 Å². The standard InChI is InChI=1S/C15H22Cl2N2/c1-3-15(4-2)5-7-19(8-6-15)14-10-12(17)11(16)9-13(14)18/h9-10H,3-8,18H2,1-2H3. The average molecular weight is 301 g/mol. The van der Waals surface area contributed by atoms with Crippen LogP contribution in [0, 0.1) is 5.41 Å². The monoisotopic (exact) mass is 300 g/mol. The summed E-state index contributed by atoms with van der Waals surface area (Å²) < 4.78 is 0. The van der Waals surface area contributed by atoms with Gasteiger partial charge in [-0.3, -0.25) is 0 Å². The number of piperidine rings is 1. The van der Waals surface area contributed by atoms with Crippen LogP contribution in [0.4, 0.5) is 11.4 Å². The van der Waals surface area contributed by atoms with E-state index < -0.39 is 0 Å². The van der Waals surface area contributed by atoms with Gasteiger partial charge in [0.05, 0.1) is 21.4 Å². The first kappa shape index (κ1) is 14.8. The number of hydrogen-bond acceptors (Lipinski definition) is 2. The van der Waals surface area contributed by atoms with Gasteiger partial charge in [-0.15, -0.1) is 0 Å². The summed E-state index contributed by atoms with van der Waals surface area (Å²) >= 11 is 12.1. The molecule has 0 bridgehead atoms. The molecule has 1 heterocycles. The maximum Gasteiger partial charge on any atom is 0.0615 e. The summed E-state index contributed by atoms with van der Waals surface area (Å²) in [6.07, 6.45) is 4.96. The second-order valence-corrected chi connectivity index (χ2v) is 6.33. The van der Waals surface area contributed by atoms with E-state index in [-0.39, 0.29) is 0 Å². The quantitative estimate of drug-likeness (QED) is 0.798. The Labute approximate surface area is 125 Å². The molecule has 0 aliphatic carbocycles. The van der Waals surface area contributed by atoms with E-state index >= 15 is 0 Å². The van der Waals surface area contributed by atoms with Gasteiger partial charge in [-0.25, -0.2) is 0 Å². The van der Waals surface area contributed by atoms with Crippen molar-refractivity contribution in [1.82, 2.24) is 0 Å². The molecule has 2 nitrogen and oxygen atoms in total. The Bertz CT molecular complexity index is 446. The minimum atomic E-state index is 0.515. The minimum absolute atomic E-state index is 0.515. The van der Waals surface area contributed by atoms with E-state index in [0.29, 0.717) is 15.5 Å². The highest BCUT2D eigenvalue weighted by molar-refractivity contribution is 6.42. The fraction of sp³-hybridized carbons (Fsp3) is 0.600. The molecule has 4 heteroatoms. The smallest absolute Gasteiger partial charge is 0.0615 e. The molecular weight excluding hydrogens is 279 g/mol. The van der Waals surface area contributed by atoms with Crippen LogP contribution in [-0.2, 0) is 0 Å². The van der Waals surface area contributed by atoms with Crippen molar-refractivity contribution in [2.45, 2.75) is 39.5 Å². The van der Waals surface area contributed by atoms with Gasteiger partial charge in [0.15, 0.2) is 0 Å². The van der Waals surface area contributed by atoms with Crippen LogP contribution in [0.5, 0.6) is 0 Å². The van der Waals surface area contributed by atoms with Gasteiger partial charge in [0.25, 0.3) is 0 Å². The molecule has 0 saturated carbocycles. The molecule has 1 aromatic carbocycles. The van der Waals surface area contributed by atoms with Gasteiger partial charge >= 0.3 is 0 Å². The fourth-order valence-electron chi connectivity index (χ4n) is 3.00. The van der Waals surface area contributed by atoms with Crippen molar-refractivity contribution in [1.29, 1.82) is 0 Å². The van der Waals surface area contributed by atoms with E-state index in [9.17, 15) is 0 Å². The first-order chi connectivity index (χ1) is 9.01. The third-order valence-electron chi connectivity index (χ3n) is 4.73. The summed E-state index contributed by atoms with van der Waals surface area (Å²) in [4.78, 5) is 2.33. The predicted octanol–water partition coefficient (Wildman–Crippen LogP) is 4.98. The molecule has 1 saturated heterocycles. The molecule has 19 heavy (non-hydrogen) atoms. The normalized spacial score (nSPS) is 18.6. The topological polar surface area (TPSA) is 29.3 Å². The molecule has 2 N–H and O–H groups in total. The fourth-order valence-corrected chi connectivity index (χ4v) is 3.33. The zero-order chi connectivity index (χ0) is 14.0. The summed E-state index contributed by atoms with van der Waals surface area (Å²) in [5.74, 6) is 0. The van der Waals surface area contributed by atoms with Gasteiger partial charge in [-0.2, -0.15) is 0 Å². The van der Waals surface area contributed by atoms with Gasteiger partial charge in [-0.1, -0.05) is 49.9 Å². The molecule has 1 aromatic rings.